The van der Waals surface area contributed by atoms with E-state index < -0.39 is 0 Å². The van der Waals surface area contributed by atoms with E-state index in [9.17, 15) is 0 Å². The fourth-order valence-electron chi connectivity index (χ4n) is 2.61. The minimum atomic E-state index is 0.365. The van der Waals surface area contributed by atoms with E-state index in [1.165, 1.54) is 32.3 Å². The maximum Gasteiger partial charge on any atom is 0.0360 e. The predicted octanol–water partition coefficient (Wildman–Crippen LogP) is 5.27. The first-order chi connectivity index (χ1) is 10.0. The lowest BCUT2D eigenvalue weighted by Crippen LogP contribution is -2.23. The predicted molar refractivity (Wildman–Crippen MR) is 94.9 cm³/mol. The standard InChI is InChI=1S/C19H24BrN/c1-5-21-19(17-8-9-18(20)15(4)11-17)12-16-7-6-13(2)14(3)10-16/h6-11,19,21H,5,12H2,1-4H3. The van der Waals surface area contributed by atoms with E-state index in [1.54, 1.807) is 0 Å². The molecule has 21 heavy (non-hydrogen) atoms. The highest BCUT2D eigenvalue weighted by atomic mass is 79.9. The Kier molecular flexibility index (Phi) is 5.60. The Bertz CT molecular complexity index is 619. The second-order valence-electron chi connectivity index (χ2n) is 5.74. The van der Waals surface area contributed by atoms with Gasteiger partial charge < -0.3 is 5.32 Å². The van der Waals surface area contributed by atoms with Gasteiger partial charge in [0.1, 0.15) is 0 Å². The summed E-state index contributed by atoms with van der Waals surface area (Å²) in [5.41, 5.74) is 6.77. The molecule has 0 amide bonds. The van der Waals surface area contributed by atoms with Crippen LogP contribution in [0.4, 0.5) is 0 Å². The largest absolute Gasteiger partial charge is 0.310 e. The highest BCUT2D eigenvalue weighted by Gasteiger charge is 2.12. The van der Waals surface area contributed by atoms with Crippen molar-refractivity contribution in [3.05, 3.63) is 68.7 Å². The van der Waals surface area contributed by atoms with E-state index in [-0.39, 0.29) is 0 Å². The Morgan fingerprint density at radius 2 is 1.71 bits per heavy atom. The first-order valence-electron chi connectivity index (χ1n) is 7.56. The van der Waals surface area contributed by atoms with Gasteiger partial charge in [0.25, 0.3) is 0 Å². The molecule has 0 heterocycles. The first-order valence-corrected chi connectivity index (χ1v) is 8.36. The quantitative estimate of drug-likeness (QED) is 0.778. The summed E-state index contributed by atoms with van der Waals surface area (Å²) in [4.78, 5) is 0. The SMILES string of the molecule is CCNC(Cc1ccc(C)c(C)c1)c1ccc(Br)c(C)c1. The molecular weight excluding hydrogens is 322 g/mol. The molecule has 0 aliphatic heterocycles. The molecule has 0 bridgehead atoms. The van der Waals surface area contributed by atoms with Crippen molar-refractivity contribution < 1.29 is 0 Å². The van der Waals surface area contributed by atoms with E-state index >= 15 is 0 Å². The molecule has 0 aromatic heterocycles. The van der Waals surface area contributed by atoms with E-state index in [4.69, 9.17) is 0 Å². The summed E-state index contributed by atoms with van der Waals surface area (Å²) in [6, 6.07) is 13.8. The second kappa shape index (κ2) is 7.24. The van der Waals surface area contributed by atoms with Crippen LogP contribution in [0.3, 0.4) is 0 Å². The minimum Gasteiger partial charge on any atom is -0.310 e. The molecule has 1 atom stereocenters. The third-order valence-electron chi connectivity index (χ3n) is 4.05. The fraction of sp³-hybridized carbons (Fsp3) is 0.368. The van der Waals surface area contributed by atoms with Crippen LogP contribution < -0.4 is 5.32 Å². The Hall–Kier alpha value is -1.12. The van der Waals surface area contributed by atoms with Crippen LogP contribution in [-0.2, 0) is 6.42 Å². The van der Waals surface area contributed by atoms with Gasteiger partial charge in [0, 0.05) is 10.5 Å². The Balaban J connectivity index is 2.25. The Morgan fingerprint density at radius 1 is 0.952 bits per heavy atom. The topological polar surface area (TPSA) is 12.0 Å². The van der Waals surface area contributed by atoms with Crippen molar-refractivity contribution in [3.63, 3.8) is 0 Å². The van der Waals surface area contributed by atoms with Crippen molar-refractivity contribution in [1.82, 2.24) is 5.32 Å². The number of likely N-dealkylation sites (N-methyl/N-ethyl adjacent to an activating group) is 1. The molecule has 0 saturated heterocycles. The zero-order valence-corrected chi connectivity index (χ0v) is 14.9. The Labute approximate surface area is 136 Å². The zero-order chi connectivity index (χ0) is 15.4. The molecule has 2 heteroatoms. The van der Waals surface area contributed by atoms with Gasteiger partial charge in [-0.05, 0) is 67.6 Å². The average molecular weight is 346 g/mol. The van der Waals surface area contributed by atoms with Gasteiger partial charge in [-0.2, -0.15) is 0 Å². The minimum absolute atomic E-state index is 0.365. The molecule has 0 spiro atoms. The molecule has 2 aromatic carbocycles. The monoisotopic (exact) mass is 345 g/mol. The number of halogens is 1. The van der Waals surface area contributed by atoms with E-state index in [0.717, 1.165) is 13.0 Å². The third-order valence-corrected chi connectivity index (χ3v) is 4.94. The summed E-state index contributed by atoms with van der Waals surface area (Å²) in [6.07, 6.45) is 1.02. The van der Waals surface area contributed by atoms with Gasteiger partial charge in [0.2, 0.25) is 0 Å². The van der Waals surface area contributed by atoms with Crippen molar-refractivity contribution in [2.75, 3.05) is 6.54 Å². The smallest absolute Gasteiger partial charge is 0.0360 e. The van der Waals surface area contributed by atoms with E-state index in [2.05, 4.69) is 85.3 Å². The molecule has 112 valence electrons. The van der Waals surface area contributed by atoms with Gasteiger partial charge in [-0.1, -0.05) is 53.2 Å². The first kappa shape index (κ1) is 16.3. The van der Waals surface area contributed by atoms with Gasteiger partial charge >= 0.3 is 0 Å². The third kappa shape index (κ3) is 4.18. The molecule has 0 aliphatic rings. The molecule has 1 nitrogen and oxygen atoms in total. The molecule has 0 aliphatic carbocycles. The van der Waals surface area contributed by atoms with Crippen LogP contribution in [0.25, 0.3) is 0 Å². The fourth-order valence-corrected chi connectivity index (χ4v) is 2.85. The van der Waals surface area contributed by atoms with Crippen LogP contribution >= 0.6 is 15.9 Å². The van der Waals surface area contributed by atoms with Crippen LogP contribution in [0.1, 0.15) is 40.8 Å². The summed E-state index contributed by atoms with van der Waals surface area (Å²) in [5.74, 6) is 0. The molecule has 1 unspecified atom stereocenters. The average Bonchev–Trinajstić information content (AvgIpc) is 2.45. The highest BCUT2D eigenvalue weighted by Crippen LogP contribution is 2.24. The number of rotatable bonds is 5. The summed E-state index contributed by atoms with van der Waals surface area (Å²) >= 11 is 3.58. The molecular formula is C19H24BrN. The van der Waals surface area contributed by atoms with Crippen molar-refractivity contribution in [2.24, 2.45) is 0 Å². The van der Waals surface area contributed by atoms with Crippen LogP contribution in [0, 0.1) is 20.8 Å². The maximum atomic E-state index is 3.61. The van der Waals surface area contributed by atoms with Crippen molar-refractivity contribution in [3.8, 4) is 0 Å². The van der Waals surface area contributed by atoms with E-state index in [1.807, 2.05) is 0 Å². The summed E-state index contributed by atoms with van der Waals surface area (Å²) < 4.78 is 1.17. The maximum absolute atomic E-state index is 3.61. The van der Waals surface area contributed by atoms with Crippen LogP contribution in [0.2, 0.25) is 0 Å². The lowest BCUT2D eigenvalue weighted by Gasteiger charge is -2.20. The van der Waals surface area contributed by atoms with Gasteiger partial charge in [-0.25, -0.2) is 0 Å². The number of hydrogen-bond donors (Lipinski definition) is 1. The zero-order valence-electron chi connectivity index (χ0n) is 13.3. The van der Waals surface area contributed by atoms with Gasteiger partial charge in [0.15, 0.2) is 0 Å². The molecule has 2 aromatic rings. The normalized spacial score (nSPS) is 12.4. The van der Waals surface area contributed by atoms with Crippen LogP contribution in [0.5, 0.6) is 0 Å². The van der Waals surface area contributed by atoms with Crippen LogP contribution in [0.15, 0.2) is 40.9 Å². The number of benzene rings is 2. The van der Waals surface area contributed by atoms with Crippen molar-refractivity contribution in [2.45, 2.75) is 40.2 Å². The van der Waals surface area contributed by atoms with Gasteiger partial charge in [-0.15, -0.1) is 0 Å². The van der Waals surface area contributed by atoms with Crippen molar-refractivity contribution in [1.29, 1.82) is 0 Å². The number of aryl methyl sites for hydroxylation is 3. The lowest BCUT2D eigenvalue weighted by atomic mass is 9.95. The van der Waals surface area contributed by atoms with Crippen LogP contribution in [-0.4, -0.2) is 6.54 Å². The molecule has 0 saturated carbocycles. The highest BCUT2D eigenvalue weighted by molar-refractivity contribution is 9.10. The summed E-state index contributed by atoms with van der Waals surface area (Å²) in [6.45, 7) is 9.64. The molecule has 2 rings (SSSR count). The van der Waals surface area contributed by atoms with Crippen molar-refractivity contribution >= 4 is 15.9 Å². The number of hydrogen-bond acceptors (Lipinski definition) is 1. The lowest BCUT2D eigenvalue weighted by molar-refractivity contribution is 0.549. The molecule has 0 radical (unpaired) electrons. The van der Waals surface area contributed by atoms with E-state index in [0.29, 0.717) is 6.04 Å². The Morgan fingerprint density at radius 3 is 2.33 bits per heavy atom. The van der Waals surface area contributed by atoms with Gasteiger partial charge in [0.05, 0.1) is 0 Å². The second-order valence-corrected chi connectivity index (χ2v) is 6.60. The number of nitrogens with one attached hydrogen (secondary N) is 1. The molecule has 1 N–H and O–H groups in total. The summed E-state index contributed by atoms with van der Waals surface area (Å²) in [7, 11) is 0. The van der Waals surface area contributed by atoms with Gasteiger partial charge in [-0.3, -0.25) is 0 Å². The summed E-state index contributed by atoms with van der Waals surface area (Å²) in [5, 5.41) is 3.61. The molecule has 0 fully saturated rings.